The van der Waals surface area contributed by atoms with Crippen LogP contribution in [0, 0.1) is 0 Å². The highest BCUT2D eigenvalue weighted by Gasteiger charge is 1.85. The molecule has 0 saturated heterocycles. The highest BCUT2D eigenvalue weighted by atomic mass is 13.9. The molecule has 0 aliphatic carbocycles. The van der Waals surface area contributed by atoms with Crippen LogP contribution in [-0.2, 0) is 0 Å². The van der Waals surface area contributed by atoms with Crippen LogP contribution in [0.3, 0.4) is 0 Å². The fraction of sp³-hybridized carbons (Fsp3) is 0.600. The highest BCUT2D eigenvalue weighted by molar-refractivity contribution is 4.99. The molecular formula is C20H34. The molecule has 0 rings (SSSR count). The van der Waals surface area contributed by atoms with E-state index in [0.29, 0.717) is 0 Å². The van der Waals surface area contributed by atoms with E-state index in [9.17, 15) is 0 Å². The van der Waals surface area contributed by atoms with Crippen molar-refractivity contribution in [2.45, 2.75) is 78.1 Å². The molecular weight excluding hydrogens is 240 g/mol. The number of hydrogen-bond donors (Lipinski definition) is 0. The molecule has 0 amide bonds. The van der Waals surface area contributed by atoms with E-state index < -0.39 is 0 Å². The highest BCUT2D eigenvalue weighted by Crippen LogP contribution is 2.05. The zero-order valence-corrected chi connectivity index (χ0v) is 13.7. The zero-order valence-electron chi connectivity index (χ0n) is 13.7. The number of allylic oxidation sites excluding steroid dienone is 8. The molecule has 0 nitrogen and oxygen atoms in total. The maximum absolute atomic E-state index is 2.33. The van der Waals surface area contributed by atoms with Crippen molar-refractivity contribution in [2.24, 2.45) is 0 Å². The number of unbranched alkanes of at least 4 members (excludes halogenated alkanes) is 5. The van der Waals surface area contributed by atoms with Gasteiger partial charge in [0.2, 0.25) is 0 Å². The van der Waals surface area contributed by atoms with E-state index in [0.717, 1.165) is 25.7 Å². The number of rotatable bonds is 13. The van der Waals surface area contributed by atoms with E-state index in [1.54, 1.807) is 0 Å². The Hall–Kier alpha value is -1.04. The van der Waals surface area contributed by atoms with Crippen LogP contribution in [0.25, 0.3) is 0 Å². The maximum Gasteiger partial charge on any atom is -0.0169 e. The minimum absolute atomic E-state index is 1.06. The standard InChI is InChI=1S/C20H34/c1-3-5-7-9-11-13-15-17-19-20-18-16-14-12-10-8-6-4-2/h5,7,11,13,16-19H,3-4,6,8-10,12,14-15,20H2,1-2H3/b7-5?,13-11?,18-16-,19-17?. The molecule has 0 unspecified atom stereocenters. The second-order valence-electron chi connectivity index (χ2n) is 5.20. The fourth-order valence-electron chi connectivity index (χ4n) is 1.96. The largest absolute Gasteiger partial charge is 0.0885 e. The summed E-state index contributed by atoms with van der Waals surface area (Å²) in [4.78, 5) is 0. The Morgan fingerprint density at radius 1 is 0.500 bits per heavy atom. The zero-order chi connectivity index (χ0) is 14.7. The van der Waals surface area contributed by atoms with E-state index >= 15 is 0 Å². The van der Waals surface area contributed by atoms with Gasteiger partial charge in [-0.2, -0.15) is 0 Å². The topological polar surface area (TPSA) is 0 Å². The quantitative estimate of drug-likeness (QED) is 0.247. The second-order valence-corrected chi connectivity index (χ2v) is 5.20. The monoisotopic (exact) mass is 274 g/mol. The minimum atomic E-state index is 1.06. The van der Waals surface area contributed by atoms with Crippen LogP contribution in [0.2, 0.25) is 0 Å². The predicted molar refractivity (Wildman–Crippen MR) is 94.1 cm³/mol. The van der Waals surface area contributed by atoms with Crippen molar-refractivity contribution >= 4 is 0 Å². The minimum Gasteiger partial charge on any atom is -0.0885 e. The first kappa shape index (κ1) is 19.0. The molecule has 0 radical (unpaired) electrons. The van der Waals surface area contributed by atoms with Crippen molar-refractivity contribution in [3.8, 4) is 0 Å². The molecule has 0 aromatic carbocycles. The van der Waals surface area contributed by atoms with E-state index in [-0.39, 0.29) is 0 Å². The van der Waals surface area contributed by atoms with Gasteiger partial charge in [-0.1, -0.05) is 88.1 Å². The van der Waals surface area contributed by atoms with Crippen molar-refractivity contribution in [3.05, 3.63) is 48.6 Å². The van der Waals surface area contributed by atoms with Crippen molar-refractivity contribution < 1.29 is 0 Å². The van der Waals surface area contributed by atoms with Gasteiger partial charge in [0.1, 0.15) is 0 Å². The van der Waals surface area contributed by atoms with Gasteiger partial charge in [0.15, 0.2) is 0 Å². The second kappa shape index (κ2) is 18.0. The van der Waals surface area contributed by atoms with Gasteiger partial charge in [-0.15, -0.1) is 0 Å². The van der Waals surface area contributed by atoms with Gasteiger partial charge in [-0.3, -0.25) is 0 Å². The number of hydrogen-bond acceptors (Lipinski definition) is 0. The first-order chi connectivity index (χ1) is 9.91. The molecule has 0 spiro atoms. The molecule has 0 heteroatoms. The van der Waals surface area contributed by atoms with E-state index in [4.69, 9.17) is 0 Å². The molecule has 0 N–H and O–H groups in total. The third-order valence-corrected chi connectivity index (χ3v) is 3.19. The van der Waals surface area contributed by atoms with Gasteiger partial charge in [0, 0.05) is 0 Å². The Balaban J connectivity index is 3.32. The Morgan fingerprint density at radius 3 is 1.55 bits per heavy atom. The molecule has 0 aromatic heterocycles. The predicted octanol–water partition coefficient (Wildman–Crippen LogP) is 7.15. The summed E-state index contributed by atoms with van der Waals surface area (Å²) in [6.45, 7) is 4.44. The van der Waals surface area contributed by atoms with Crippen LogP contribution in [0.15, 0.2) is 48.6 Å². The van der Waals surface area contributed by atoms with Crippen LogP contribution >= 0.6 is 0 Å². The molecule has 0 aliphatic rings. The van der Waals surface area contributed by atoms with Gasteiger partial charge in [-0.25, -0.2) is 0 Å². The Kier molecular flexibility index (Phi) is 17.0. The summed E-state index contributed by atoms with van der Waals surface area (Å²) < 4.78 is 0. The lowest BCUT2D eigenvalue weighted by Gasteiger charge is -1.95. The van der Waals surface area contributed by atoms with Crippen LogP contribution in [0.1, 0.15) is 78.1 Å². The smallest absolute Gasteiger partial charge is 0.0169 e. The summed E-state index contributed by atoms with van der Waals surface area (Å²) in [6.07, 6.45) is 30.6. The molecule has 0 atom stereocenters. The van der Waals surface area contributed by atoms with Crippen molar-refractivity contribution in [1.82, 2.24) is 0 Å². The molecule has 0 fully saturated rings. The average Bonchev–Trinajstić information content (AvgIpc) is 2.47. The first-order valence-corrected chi connectivity index (χ1v) is 8.51. The summed E-state index contributed by atoms with van der Waals surface area (Å²) in [7, 11) is 0. The van der Waals surface area contributed by atoms with Crippen LogP contribution < -0.4 is 0 Å². The SMILES string of the molecule is CCC=CCC=CCC=CC/C=C\CCCCCCC. The lowest BCUT2D eigenvalue weighted by Crippen LogP contribution is -1.75. The van der Waals surface area contributed by atoms with Crippen molar-refractivity contribution in [1.29, 1.82) is 0 Å². The van der Waals surface area contributed by atoms with Crippen LogP contribution in [0.4, 0.5) is 0 Å². The Morgan fingerprint density at radius 2 is 1.00 bits per heavy atom. The summed E-state index contributed by atoms with van der Waals surface area (Å²) in [5.41, 5.74) is 0. The average molecular weight is 274 g/mol. The molecule has 0 heterocycles. The van der Waals surface area contributed by atoms with Gasteiger partial charge < -0.3 is 0 Å². The summed E-state index contributed by atoms with van der Waals surface area (Å²) in [5, 5.41) is 0. The van der Waals surface area contributed by atoms with E-state index in [2.05, 4.69) is 62.5 Å². The van der Waals surface area contributed by atoms with Crippen LogP contribution in [0.5, 0.6) is 0 Å². The van der Waals surface area contributed by atoms with Crippen molar-refractivity contribution in [2.75, 3.05) is 0 Å². The molecule has 114 valence electrons. The summed E-state index contributed by atoms with van der Waals surface area (Å²) in [5.74, 6) is 0. The lowest BCUT2D eigenvalue weighted by molar-refractivity contribution is 0.637. The maximum atomic E-state index is 2.33. The Bertz CT molecular complexity index is 278. The van der Waals surface area contributed by atoms with Gasteiger partial charge >= 0.3 is 0 Å². The third-order valence-electron chi connectivity index (χ3n) is 3.19. The summed E-state index contributed by atoms with van der Waals surface area (Å²) >= 11 is 0. The summed E-state index contributed by atoms with van der Waals surface area (Å²) in [6, 6.07) is 0. The molecule has 0 aromatic rings. The normalized spacial score (nSPS) is 12.7. The molecule has 0 saturated carbocycles. The van der Waals surface area contributed by atoms with Gasteiger partial charge in [-0.05, 0) is 38.5 Å². The molecule has 20 heavy (non-hydrogen) atoms. The first-order valence-electron chi connectivity index (χ1n) is 8.51. The van der Waals surface area contributed by atoms with E-state index in [1.807, 2.05) is 0 Å². The molecule has 0 aliphatic heterocycles. The molecule has 0 bridgehead atoms. The lowest BCUT2D eigenvalue weighted by atomic mass is 10.1. The Labute approximate surface area is 127 Å². The van der Waals surface area contributed by atoms with Gasteiger partial charge in [0.05, 0.1) is 0 Å². The third kappa shape index (κ3) is 17.0. The van der Waals surface area contributed by atoms with E-state index in [1.165, 1.54) is 38.5 Å². The fourth-order valence-corrected chi connectivity index (χ4v) is 1.96. The van der Waals surface area contributed by atoms with Gasteiger partial charge in [0.25, 0.3) is 0 Å². The van der Waals surface area contributed by atoms with Crippen molar-refractivity contribution in [3.63, 3.8) is 0 Å². The van der Waals surface area contributed by atoms with Crippen LogP contribution in [-0.4, -0.2) is 0 Å².